The van der Waals surface area contributed by atoms with E-state index in [4.69, 9.17) is 15.2 Å². The number of benzene rings is 2. The van der Waals surface area contributed by atoms with Crippen molar-refractivity contribution in [3.8, 4) is 0 Å². The fraction of sp³-hybridized carbons (Fsp3) is 0.0833. The van der Waals surface area contributed by atoms with Crippen LogP contribution in [0.25, 0.3) is 5.32 Å². The van der Waals surface area contributed by atoms with Crippen LogP contribution in [-0.4, -0.2) is 63.1 Å². The number of aliphatic imine (C=N–C) groups is 4. The van der Waals surface area contributed by atoms with Crippen LogP contribution >= 0.6 is 0 Å². The summed E-state index contributed by atoms with van der Waals surface area (Å²) in [5.74, 6) is 3.27. The Hall–Kier alpha value is -4.23. The molecule has 2 aromatic carbocycles. The Morgan fingerprint density at radius 1 is 0.750 bits per heavy atom. The smallest absolute Gasteiger partial charge is 0.432 e. The number of nitrogens with one attached hydrogen (secondary N) is 1. The van der Waals surface area contributed by atoms with Crippen molar-refractivity contribution >= 4 is 35.0 Å². The Morgan fingerprint density at radius 2 is 1.39 bits per heavy atom. The molecule has 183 valence electrons. The summed E-state index contributed by atoms with van der Waals surface area (Å²) in [6.07, 6.45) is 3.32. The second-order valence-electron chi connectivity index (χ2n) is 6.77. The maximum absolute atomic E-state index is 7.00. The number of H-pyrrole nitrogens is 1. The number of hydrogen-bond acceptors (Lipinski definition) is 7. The Kier molecular flexibility index (Phi) is 9.13. The van der Waals surface area contributed by atoms with E-state index < -0.39 is 0 Å². The van der Waals surface area contributed by atoms with Crippen LogP contribution < -0.4 is 5.10 Å². The number of amidine groups is 4. The molecule has 3 N–H and O–H groups in total. The van der Waals surface area contributed by atoms with E-state index in [1.165, 1.54) is 0 Å². The fourth-order valence-corrected chi connectivity index (χ4v) is 3.45. The molecule has 0 bridgehead atoms. The first kappa shape index (κ1) is 26.4. The molecule has 2 aliphatic heterocycles. The number of fused-ring (bicyclic) bond motifs is 2. The molecule has 0 saturated heterocycles. The van der Waals surface area contributed by atoms with Gasteiger partial charge in [-0.1, -0.05) is 48.5 Å². The molecule has 6 rings (SSSR count). The van der Waals surface area contributed by atoms with Gasteiger partial charge in [0.15, 0.2) is 11.7 Å². The van der Waals surface area contributed by atoms with Gasteiger partial charge in [-0.05, 0) is 28.8 Å². The number of aliphatic hydroxyl groups excluding tert-OH is 2. The van der Waals surface area contributed by atoms with Gasteiger partial charge in [-0.3, -0.25) is 10.2 Å². The molecule has 4 heterocycles. The molecule has 12 heteroatoms. The Labute approximate surface area is 217 Å². The van der Waals surface area contributed by atoms with Gasteiger partial charge in [0.1, 0.15) is 0 Å². The molecular weight excluding hydrogens is 505 g/mol. The van der Waals surface area contributed by atoms with E-state index in [1.54, 1.807) is 24.5 Å². The normalized spacial score (nSPS) is 16.1. The van der Waals surface area contributed by atoms with Gasteiger partial charge in [0.2, 0.25) is 0 Å². The van der Waals surface area contributed by atoms with E-state index in [9.17, 15) is 0 Å². The Morgan fingerprint density at radius 3 is 2.00 bits per heavy atom. The van der Waals surface area contributed by atoms with E-state index >= 15 is 0 Å². The number of aromatic amines is 1. The third kappa shape index (κ3) is 5.36. The molecule has 0 unspecified atom stereocenters. The molecule has 11 nitrogen and oxygen atoms in total. The van der Waals surface area contributed by atoms with E-state index in [1.807, 2.05) is 48.5 Å². The van der Waals surface area contributed by atoms with Crippen molar-refractivity contribution in [2.45, 2.75) is 0 Å². The molecular formula is C24H21CoN9O2. The monoisotopic (exact) mass is 526 g/mol. The summed E-state index contributed by atoms with van der Waals surface area (Å²) < 4.78 is 0. The van der Waals surface area contributed by atoms with Gasteiger partial charge in [0.25, 0.3) is 0 Å². The first-order chi connectivity index (χ1) is 17.3. The predicted octanol–water partition coefficient (Wildman–Crippen LogP) is 2.73. The number of aromatic nitrogens is 4. The van der Waals surface area contributed by atoms with Gasteiger partial charge >= 0.3 is 16.8 Å². The van der Waals surface area contributed by atoms with E-state index in [-0.39, 0.29) is 16.8 Å². The van der Waals surface area contributed by atoms with Crippen LogP contribution in [0.2, 0.25) is 0 Å². The molecule has 2 aliphatic rings. The van der Waals surface area contributed by atoms with Crippen molar-refractivity contribution in [3.05, 3.63) is 101 Å². The number of hydrogen-bond donors (Lipinski definition) is 3. The molecule has 0 amide bonds. The summed E-state index contributed by atoms with van der Waals surface area (Å²) in [6.45, 7) is 0. The van der Waals surface area contributed by atoms with Crippen molar-refractivity contribution in [1.29, 1.82) is 0 Å². The van der Waals surface area contributed by atoms with Gasteiger partial charge in [0, 0.05) is 49.6 Å². The standard InChI is InChI=1S/C22H13N9.2CH4O.Co/c1-3-7-15-13(5-1)19(25-17-9-11-23-30-17)27-21(15)29-22-16-8-4-2-6-14(16)20(28-22)26-18-10-12-24-31-18;2*1-2;/h1-12H,(H-2,23,24,25,26,27,28,29,30,31);2*2H,1H3;/q-2;;;+2. The summed E-state index contributed by atoms with van der Waals surface area (Å²) in [6, 6.07) is 19.2. The van der Waals surface area contributed by atoms with Crippen molar-refractivity contribution in [1.82, 2.24) is 20.4 Å². The van der Waals surface area contributed by atoms with Gasteiger partial charge in [-0.15, -0.1) is 0 Å². The topological polar surface area (TPSA) is 160 Å². The maximum atomic E-state index is 7.00. The number of rotatable bonds is 2. The summed E-state index contributed by atoms with van der Waals surface area (Å²) in [5, 5.41) is 33.3. The van der Waals surface area contributed by atoms with Crippen LogP contribution in [0.1, 0.15) is 22.3 Å². The van der Waals surface area contributed by atoms with Crippen molar-refractivity contribution in [2.24, 2.45) is 20.0 Å². The maximum Gasteiger partial charge on any atom is 2.00 e. The molecule has 36 heavy (non-hydrogen) atoms. The van der Waals surface area contributed by atoms with Gasteiger partial charge in [0.05, 0.1) is 5.84 Å². The Balaban J connectivity index is 0.000000690. The van der Waals surface area contributed by atoms with Gasteiger partial charge in [-0.2, -0.15) is 5.10 Å². The average molecular weight is 526 g/mol. The largest absolute Gasteiger partial charge is 2.00 e. The van der Waals surface area contributed by atoms with Crippen LogP contribution in [0.4, 0.5) is 11.6 Å². The molecule has 4 aromatic rings. The second kappa shape index (κ2) is 12.5. The zero-order valence-corrected chi connectivity index (χ0v) is 20.3. The van der Waals surface area contributed by atoms with Gasteiger partial charge < -0.3 is 30.6 Å². The Bertz CT molecular complexity index is 1410. The second-order valence-corrected chi connectivity index (χ2v) is 6.77. The first-order valence-electron chi connectivity index (χ1n) is 10.4. The minimum atomic E-state index is 0. The minimum absolute atomic E-state index is 0. The van der Waals surface area contributed by atoms with Crippen molar-refractivity contribution in [3.63, 3.8) is 0 Å². The summed E-state index contributed by atoms with van der Waals surface area (Å²) in [4.78, 5) is 18.5. The average Bonchev–Trinajstić information content (AvgIpc) is 3.73. The van der Waals surface area contributed by atoms with Crippen LogP contribution in [0, 0.1) is 0 Å². The minimum Gasteiger partial charge on any atom is -0.432 e. The molecule has 2 aromatic heterocycles. The number of nitrogens with zero attached hydrogens (tertiary/aromatic N) is 8. The molecule has 1 radical (unpaired) electrons. The summed E-state index contributed by atoms with van der Waals surface area (Å²) in [5.41, 5.74) is 3.57. The van der Waals surface area contributed by atoms with E-state index in [0.717, 1.165) is 36.5 Å². The SMILES string of the molecule is CO.CO.[Co+2].c1ccc2c(c1)C(N=C1[N-]/C(=N\c3ccn[n-]3)c3ccccc31)=NC2=Nc1cc[nH]n1. The third-order valence-electron chi connectivity index (χ3n) is 4.83. The van der Waals surface area contributed by atoms with Crippen LogP contribution in [0.3, 0.4) is 0 Å². The zero-order valence-electron chi connectivity index (χ0n) is 19.2. The summed E-state index contributed by atoms with van der Waals surface area (Å²) in [7, 11) is 2.00. The van der Waals surface area contributed by atoms with Gasteiger partial charge in [-0.25, -0.2) is 9.98 Å². The molecule has 0 aliphatic carbocycles. The first-order valence-corrected chi connectivity index (χ1v) is 10.4. The molecule has 0 saturated carbocycles. The van der Waals surface area contributed by atoms with Crippen molar-refractivity contribution < 1.29 is 27.0 Å². The van der Waals surface area contributed by atoms with Crippen LogP contribution in [-0.2, 0) is 16.8 Å². The van der Waals surface area contributed by atoms with Crippen molar-refractivity contribution in [2.75, 3.05) is 14.2 Å². The number of aliphatic hydroxyl groups is 2. The fourth-order valence-electron chi connectivity index (χ4n) is 3.45. The third-order valence-corrected chi connectivity index (χ3v) is 4.83. The van der Waals surface area contributed by atoms with Crippen LogP contribution in [0.15, 0.2) is 93.0 Å². The van der Waals surface area contributed by atoms with E-state index in [0.29, 0.717) is 35.0 Å². The van der Waals surface area contributed by atoms with E-state index in [2.05, 4.69) is 40.7 Å². The molecule has 0 spiro atoms. The molecule has 0 fully saturated rings. The molecule has 0 atom stereocenters. The van der Waals surface area contributed by atoms with Crippen LogP contribution in [0.5, 0.6) is 0 Å². The zero-order chi connectivity index (χ0) is 24.6. The predicted molar refractivity (Wildman–Crippen MR) is 134 cm³/mol. The quantitative estimate of drug-likeness (QED) is 0.366. The summed E-state index contributed by atoms with van der Waals surface area (Å²) >= 11 is 0.